The fourth-order valence-electron chi connectivity index (χ4n) is 2.64. The highest BCUT2D eigenvalue weighted by Crippen LogP contribution is 2.31. The minimum atomic E-state index is -4.44. The van der Waals surface area contributed by atoms with Crippen molar-refractivity contribution in [2.24, 2.45) is 0 Å². The van der Waals surface area contributed by atoms with Gasteiger partial charge in [0.25, 0.3) is 0 Å². The van der Waals surface area contributed by atoms with E-state index in [1.807, 2.05) is 0 Å². The van der Waals surface area contributed by atoms with Crippen LogP contribution in [0.15, 0.2) is 29.2 Å². The highest BCUT2D eigenvalue weighted by Gasteiger charge is 2.45. The van der Waals surface area contributed by atoms with E-state index in [0.29, 0.717) is 29.8 Å². The minimum Gasteiger partial charge on any atom is -0.312 e. The molecule has 4 nitrogen and oxygen atoms in total. The lowest BCUT2D eigenvalue weighted by atomic mass is 10.1. The lowest BCUT2D eigenvalue weighted by Gasteiger charge is -2.31. The molecule has 0 aromatic heterocycles. The van der Waals surface area contributed by atoms with E-state index >= 15 is 0 Å². The van der Waals surface area contributed by atoms with Crippen molar-refractivity contribution in [3.8, 4) is 0 Å². The van der Waals surface area contributed by atoms with Crippen LogP contribution in [0.25, 0.3) is 0 Å². The monoisotopic (exact) mass is 348 g/mol. The van der Waals surface area contributed by atoms with E-state index in [4.69, 9.17) is 0 Å². The number of anilines is 1. The quantitative estimate of drug-likeness (QED) is 0.885. The van der Waals surface area contributed by atoms with Gasteiger partial charge < -0.3 is 10.2 Å². The molecule has 1 N–H and O–H groups in total. The number of benzene rings is 1. The lowest BCUT2D eigenvalue weighted by molar-refractivity contribution is -0.175. The molecule has 23 heavy (non-hydrogen) atoms. The Balaban J connectivity index is 2.17. The average Bonchev–Trinajstić information content (AvgIpc) is 2.73. The second-order valence-electron chi connectivity index (χ2n) is 5.51. The van der Waals surface area contributed by atoms with Crippen molar-refractivity contribution >= 4 is 22.5 Å². The predicted molar refractivity (Wildman–Crippen MR) is 82.8 cm³/mol. The Bertz CT molecular complexity index is 592. The maximum Gasteiger partial charge on any atom is 0.408 e. The summed E-state index contributed by atoms with van der Waals surface area (Å²) in [5.41, 5.74) is 0.341. The zero-order valence-corrected chi connectivity index (χ0v) is 13.5. The predicted octanol–water partition coefficient (Wildman–Crippen LogP) is 3.76. The number of likely N-dealkylation sites (tertiary alicyclic amines) is 1. The zero-order valence-electron chi connectivity index (χ0n) is 12.7. The number of carbonyl (C=O) groups is 1. The Morgan fingerprint density at radius 2 is 2.04 bits per heavy atom. The van der Waals surface area contributed by atoms with Crippen molar-refractivity contribution in [3.05, 3.63) is 24.3 Å². The molecule has 1 aromatic rings. The summed E-state index contributed by atoms with van der Waals surface area (Å²) in [4.78, 5) is 13.7. The second-order valence-corrected chi connectivity index (χ2v) is 6.89. The van der Waals surface area contributed by atoms with Gasteiger partial charge in [-0.25, -0.2) is 4.79 Å². The maximum absolute atomic E-state index is 13.2. The van der Waals surface area contributed by atoms with Crippen LogP contribution in [0, 0.1) is 0 Å². The van der Waals surface area contributed by atoms with Gasteiger partial charge in [-0.05, 0) is 31.0 Å². The van der Waals surface area contributed by atoms with E-state index in [0.717, 1.165) is 4.90 Å². The topological polar surface area (TPSA) is 49.4 Å². The number of nitrogens with one attached hydrogen (secondary N) is 1. The molecule has 1 fully saturated rings. The second kappa shape index (κ2) is 7.33. The number of carbonyl (C=O) groups excluding carboxylic acids is 1. The molecular weight excluding hydrogens is 329 g/mol. The molecule has 1 aromatic carbocycles. The van der Waals surface area contributed by atoms with Crippen molar-refractivity contribution in [1.82, 2.24) is 4.90 Å². The third kappa shape index (κ3) is 4.70. The van der Waals surface area contributed by atoms with Gasteiger partial charge in [0.15, 0.2) is 0 Å². The van der Waals surface area contributed by atoms with Crippen LogP contribution in [0.5, 0.6) is 0 Å². The van der Waals surface area contributed by atoms with E-state index in [2.05, 4.69) is 5.32 Å². The zero-order chi connectivity index (χ0) is 17.0. The summed E-state index contributed by atoms with van der Waals surface area (Å²) < 4.78 is 51.0. The molecule has 2 unspecified atom stereocenters. The van der Waals surface area contributed by atoms with Crippen LogP contribution in [0.4, 0.5) is 23.7 Å². The first-order valence-electron chi connectivity index (χ1n) is 7.37. The van der Waals surface area contributed by atoms with Gasteiger partial charge in [0.1, 0.15) is 6.04 Å². The van der Waals surface area contributed by atoms with Crippen molar-refractivity contribution in [3.63, 3.8) is 0 Å². The Morgan fingerprint density at radius 1 is 1.30 bits per heavy atom. The molecule has 1 heterocycles. The fraction of sp³-hybridized carbons (Fsp3) is 0.533. The van der Waals surface area contributed by atoms with Gasteiger partial charge in [0.05, 0.1) is 0 Å². The number of urea groups is 1. The van der Waals surface area contributed by atoms with Crippen molar-refractivity contribution < 1.29 is 22.2 Å². The molecule has 1 aliphatic rings. The van der Waals surface area contributed by atoms with Crippen molar-refractivity contribution in [1.29, 1.82) is 0 Å². The van der Waals surface area contributed by atoms with Crippen LogP contribution in [0.3, 0.4) is 0 Å². The van der Waals surface area contributed by atoms with E-state index in [9.17, 15) is 22.2 Å². The van der Waals surface area contributed by atoms with Gasteiger partial charge >= 0.3 is 12.2 Å². The van der Waals surface area contributed by atoms with E-state index in [-0.39, 0.29) is 13.0 Å². The summed E-state index contributed by atoms with van der Waals surface area (Å²) in [6.07, 6.45) is -1.32. The molecule has 1 aliphatic heterocycles. The van der Waals surface area contributed by atoms with Gasteiger partial charge in [-0.2, -0.15) is 13.2 Å². The van der Waals surface area contributed by atoms with E-state index < -0.39 is 29.0 Å². The van der Waals surface area contributed by atoms with Crippen LogP contribution >= 0.6 is 0 Å². The molecule has 2 atom stereocenters. The van der Waals surface area contributed by atoms with Crippen molar-refractivity contribution in [2.45, 2.75) is 42.8 Å². The van der Waals surface area contributed by atoms with Gasteiger partial charge in [-0.15, -0.1) is 0 Å². The number of alkyl halides is 3. The van der Waals surface area contributed by atoms with Crippen LogP contribution in [-0.4, -0.2) is 40.2 Å². The molecule has 0 aliphatic carbocycles. The Morgan fingerprint density at radius 3 is 2.70 bits per heavy atom. The third-order valence-corrected chi connectivity index (χ3v) is 4.73. The summed E-state index contributed by atoms with van der Waals surface area (Å²) >= 11 is 0. The number of rotatable bonds is 2. The molecule has 0 saturated carbocycles. The van der Waals surface area contributed by atoms with Gasteiger partial charge in [-0.3, -0.25) is 4.21 Å². The standard InChI is InChI=1S/C15H19F3N2O2S/c1-23(22)12-7-5-6-11(10-12)19-14(21)20-9-4-2-3-8-13(20)15(16,17)18/h5-7,10,13H,2-4,8-9H2,1H3,(H,19,21). The van der Waals surface area contributed by atoms with Crippen LogP contribution in [-0.2, 0) is 10.8 Å². The molecule has 0 bridgehead atoms. The van der Waals surface area contributed by atoms with E-state index in [1.165, 1.54) is 12.3 Å². The summed E-state index contributed by atoms with van der Waals surface area (Å²) in [6, 6.07) is 3.79. The Labute approximate surface area is 135 Å². The van der Waals surface area contributed by atoms with Gasteiger partial charge in [0.2, 0.25) is 0 Å². The average molecular weight is 348 g/mol. The normalized spacial score (nSPS) is 20.7. The molecule has 0 radical (unpaired) electrons. The first-order valence-corrected chi connectivity index (χ1v) is 8.92. The fourth-order valence-corrected chi connectivity index (χ4v) is 3.20. The summed E-state index contributed by atoms with van der Waals surface area (Å²) in [5.74, 6) is 0. The molecule has 2 rings (SSSR count). The Hall–Kier alpha value is -1.57. The molecule has 128 valence electrons. The molecule has 1 saturated heterocycles. The Kier molecular flexibility index (Phi) is 5.67. The van der Waals surface area contributed by atoms with Crippen LogP contribution in [0.2, 0.25) is 0 Å². The first kappa shape index (κ1) is 17.8. The smallest absolute Gasteiger partial charge is 0.312 e. The SMILES string of the molecule is CS(=O)c1cccc(NC(=O)N2CCCCCC2C(F)(F)F)c1. The number of hydrogen-bond acceptors (Lipinski definition) is 2. The van der Waals surface area contributed by atoms with Crippen LogP contribution < -0.4 is 5.32 Å². The third-order valence-electron chi connectivity index (χ3n) is 3.81. The first-order chi connectivity index (χ1) is 10.8. The molecule has 8 heteroatoms. The van der Waals surface area contributed by atoms with Crippen LogP contribution in [0.1, 0.15) is 25.7 Å². The summed E-state index contributed by atoms with van der Waals surface area (Å²) in [7, 11) is -1.23. The summed E-state index contributed by atoms with van der Waals surface area (Å²) in [5, 5.41) is 2.49. The number of nitrogens with zero attached hydrogens (tertiary/aromatic N) is 1. The number of hydrogen-bond donors (Lipinski definition) is 1. The number of halogens is 3. The van der Waals surface area contributed by atoms with Gasteiger partial charge in [-0.1, -0.05) is 18.9 Å². The molecular formula is C15H19F3N2O2S. The minimum absolute atomic E-state index is 0.0735. The van der Waals surface area contributed by atoms with Gasteiger partial charge in [0, 0.05) is 34.2 Å². The lowest BCUT2D eigenvalue weighted by Crippen LogP contribution is -2.50. The maximum atomic E-state index is 13.2. The van der Waals surface area contributed by atoms with Crippen molar-refractivity contribution in [2.75, 3.05) is 18.1 Å². The molecule has 2 amide bonds. The molecule has 0 spiro atoms. The summed E-state index contributed by atoms with van der Waals surface area (Å²) in [6.45, 7) is 0.0788. The number of amides is 2. The highest BCUT2D eigenvalue weighted by atomic mass is 32.2. The van der Waals surface area contributed by atoms with E-state index in [1.54, 1.807) is 18.2 Å². The largest absolute Gasteiger partial charge is 0.408 e. The highest BCUT2D eigenvalue weighted by molar-refractivity contribution is 7.84.